The van der Waals surface area contributed by atoms with Crippen molar-refractivity contribution in [2.75, 3.05) is 23.9 Å². The number of nitrogens with one attached hydrogen (secondary N) is 1. The normalized spacial score (nSPS) is 10.2. The van der Waals surface area contributed by atoms with Crippen LogP contribution in [0.2, 0.25) is 0 Å². The van der Waals surface area contributed by atoms with Crippen LogP contribution in [0.1, 0.15) is 6.92 Å². The Labute approximate surface area is 146 Å². The molecule has 0 aliphatic carbocycles. The summed E-state index contributed by atoms with van der Waals surface area (Å²) in [7, 11) is 0. The number of anilines is 3. The number of hydrogen-bond donors (Lipinski definition) is 2. The Morgan fingerprint density at radius 1 is 1.48 bits per heavy atom. The lowest BCUT2D eigenvalue weighted by Crippen LogP contribution is -2.12. The summed E-state index contributed by atoms with van der Waals surface area (Å²) in [6.45, 7) is 1.90. The first-order valence-corrected chi connectivity index (χ1v) is 8.63. The lowest BCUT2D eigenvalue weighted by molar-refractivity contribution is 0.104. The first-order chi connectivity index (χ1) is 11.0. The van der Waals surface area contributed by atoms with E-state index in [9.17, 15) is 4.79 Å². The lowest BCUT2D eigenvalue weighted by atomic mass is 10.2. The summed E-state index contributed by atoms with van der Waals surface area (Å²) in [6.07, 6.45) is 2.44. The van der Waals surface area contributed by atoms with E-state index >= 15 is 0 Å². The molecular formula is C14H15BrN4O3S. The molecule has 1 aromatic carbocycles. The van der Waals surface area contributed by atoms with Crippen LogP contribution >= 0.6 is 27.7 Å². The number of rotatable bonds is 5. The first kappa shape index (κ1) is 17.4. The Kier molecular flexibility index (Phi) is 6.05. The number of ether oxygens (including phenoxy) is 2. The molecule has 0 radical (unpaired) electrons. The van der Waals surface area contributed by atoms with Crippen molar-refractivity contribution in [1.29, 1.82) is 0 Å². The number of carbonyl (C=O) groups is 1. The van der Waals surface area contributed by atoms with E-state index in [4.69, 9.17) is 15.2 Å². The molecule has 7 nitrogen and oxygen atoms in total. The Bertz CT molecular complexity index is 714. The van der Waals surface area contributed by atoms with Crippen LogP contribution in [0.25, 0.3) is 0 Å². The molecule has 0 saturated carbocycles. The fourth-order valence-electron chi connectivity index (χ4n) is 1.63. The van der Waals surface area contributed by atoms with Crippen LogP contribution in [-0.4, -0.2) is 29.0 Å². The van der Waals surface area contributed by atoms with Crippen LogP contribution in [0.5, 0.6) is 5.75 Å². The third kappa shape index (κ3) is 4.73. The smallest absolute Gasteiger partial charge is 0.434 e. The zero-order valence-corrected chi connectivity index (χ0v) is 14.9. The molecule has 0 aliphatic heterocycles. The van der Waals surface area contributed by atoms with Gasteiger partial charge < -0.3 is 20.5 Å². The second-order valence-electron chi connectivity index (χ2n) is 4.21. The van der Waals surface area contributed by atoms with E-state index in [2.05, 4.69) is 31.2 Å². The number of aromatic nitrogens is 2. The summed E-state index contributed by atoms with van der Waals surface area (Å²) in [4.78, 5) is 19.9. The van der Waals surface area contributed by atoms with E-state index in [0.717, 1.165) is 4.47 Å². The zero-order chi connectivity index (χ0) is 16.8. The molecule has 0 fully saturated rings. The highest BCUT2D eigenvalue weighted by Gasteiger charge is 2.14. The van der Waals surface area contributed by atoms with Gasteiger partial charge in [-0.05, 0) is 31.4 Å². The Morgan fingerprint density at radius 3 is 2.91 bits per heavy atom. The number of halogens is 1. The van der Waals surface area contributed by atoms with Crippen LogP contribution in [0.15, 0.2) is 34.0 Å². The highest BCUT2D eigenvalue weighted by atomic mass is 79.9. The van der Waals surface area contributed by atoms with Crippen LogP contribution in [0.3, 0.4) is 0 Å². The minimum atomic E-state index is -0.820. The van der Waals surface area contributed by atoms with Gasteiger partial charge in [-0.2, -0.15) is 0 Å². The standard InChI is InChI=1S/C14H15BrN4O3S/c1-3-21-14(20)22-11-7-17-13(23-2)19-12(11)18-10-5-4-8(15)6-9(10)16/h4-7H,3,16H2,1-2H3,(H,17,18,19). The fraction of sp³-hybridized carbons (Fsp3) is 0.214. The summed E-state index contributed by atoms with van der Waals surface area (Å²) >= 11 is 4.71. The van der Waals surface area contributed by atoms with Gasteiger partial charge in [0.05, 0.1) is 24.2 Å². The molecular weight excluding hydrogens is 384 g/mol. The van der Waals surface area contributed by atoms with Gasteiger partial charge in [-0.1, -0.05) is 27.7 Å². The minimum Gasteiger partial charge on any atom is -0.434 e. The summed E-state index contributed by atoms with van der Waals surface area (Å²) in [6, 6.07) is 5.38. The van der Waals surface area contributed by atoms with Crippen molar-refractivity contribution < 1.29 is 14.3 Å². The molecule has 0 unspecified atom stereocenters. The molecule has 1 aromatic heterocycles. The number of nitrogen functional groups attached to an aromatic ring is 1. The fourth-order valence-corrected chi connectivity index (χ4v) is 2.35. The van der Waals surface area contributed by atoms with Gasteiger partial charge in [0.15, 0.2) is 16.7 Å². The Morgan fingerprint density at radius 2 is 2.26 bits per heavy atom. The molecule has 0 spiro atoms. The first-order valence-electron chi connectivity index (χ1n) is 6.61. The molecule has 0 aliphatic rings. The largest absolute Gasteiger partial charge is 0.514 e. The van der Waals surface area contributed by atoms with Gasteiger partial charge in [0.1, 0.15) is 0 Å². The maximum atomic E-state index is 11.5. The van der Waals surface area contributed by atoms with E-state index < -0.39 is 6.16 Å². The summed E-state index contributed by atoms with van der Waals surface area (Å²) in [5, 5.41) is 3.57. The molecule has 1 heterocycles. The molecule has 0 bridgehead atoms. The van der Waals surface area contributed by atoms with Crippen molar-refractivity contribution >= 4 is 51.0 Å². The van der Waals surface area contributed by atoms with Crippen molar-refractivity contribution in [1.82, 2.24) is 9.97 Å². The second-order valence-corrected chi connectivity index (χ2v) is 5.90. The van der Waals surface area contributed by atoms with Crippen molar-refractivity contribution in [3.63, 3.8) is 0 Å². The molecule has 23 heavy (non-hydrogen) atoms. The van der Waals surface area contributed by atoms with Gasteiger partial charge in [-0.25, -0.2) is 14.8 Å². The average Bonchev–Trinajstić information content (AvgIpc) is 2.51. The van der Waals surface area contributed by atoms with E-state index in [0.29, 0.717) is 22.3 Å². The Hall–Kier alpha value is -2.00. The third-order valence-corrected chi connectivity index (χ3v) is 3.69. The van der Waals surface area contributed by atoms with E-state index in [1.807, 2.05) is 12.3 Å². The molecule has 0 atom stereocenters. The van der Waals surface area contributed by atoms with Crippen molar-refractivity contribution in [2.24, 2.45) is 0 Å². The second kappa shape index (κ2) is 8.02. The summed E-state index contributed by atoms with van der Waals surface area (Å²) in [5.74, 6) is 0.481. The molecule has 0 amide bonds. The predicted octanol–water partition coefficient (Wildman–Crippen LogP) is 3.82. The number of benzene rings is 1. The molecule has 2 aromatic rings. The lowest BCUT2D eigenvalue weighted by Gasteiger charge is -2.13. The topological polar surface area (TPSA) is 99.4 Å². The maximum Gasteiger partial charge on any atom is 0.514 e. The predicted molar refractivity (Wildman–Crippen MR) is 93.3 cm³/mol. The molecule has 9 heteroatoms. The van der Waals surface area contributed by atoms with Gasteiger partial charge in [-0.3, -0.25) is 0 Å². The van der Waals surface area contributed by atoms with Crippen LogP contribution in [0, 0.1) is 0 Å². The van der Waals surface area contributed by atoms with Gasteiger partial charge in [0.2, 0.25) is 0 Å². The summed E-state index contributed by atoms with van der Waals surface area (Å²) < 4.78 is 10.7. The van der Waals surface area contributed by atoms with Crippen LogP contribution in [0.4, 0.5) is 22.0 Å². The molecule has 3 N–H and O–H groups in total. The van der Waals surface area contributed by atoms with Gasteiger partial charge in [-0.15, -0.1) is 0 Å². The van der Waals surface area contributed by atoms with E-state index in [-0.39, 0.29) is 12.4 Å². The van der Waals surface area contributed by atoms with Crippen molar-refractivity contribution in [2.45, 2.75) is 12.1 Å². The number of nitrogens with zero attached hydrogens (tertiary/aromatic N) is 2. The van der Waals surface area contributed by atoms with Gasteiger partial charge >= 0.3 is 6.16 Å². The third-order valence-electron chi connectivity index (χ3n) is 2.64. The van der Waals surface area contributed by atoms with Gasteiger partial charge in [0, 0.05) is 4.47 Å². The van der Waals surface area contributed by atoms with Crippen molar-refractivity contribution in [3.8, 4) is 5.75 Å². The van der Waals surface area contributed by atoms with Crippen LogP contribution < -0.4 is 15.8 Å². The number of hydrogen-bond acceptors (Lipinski definition) is 8. The molecule has 2 rings (SSSR count). The average molecular weight is 399 g/mol. The van der Waals surface area contributed by atoms with Gasteiger partial charge in [0.25, 0.3) is 0 Å². The maximum absolute atomic E-state index is 11.5. The SMILES string of the molecule is CCOC(=O)Oc1cnc(SC)nc1Nc1ccc(Br)cc1N. The Balaban J connectivity index is 2.32. The quantitative estimate of drug-likeness (QED) is 0.339. The highest BCUT2D eigenvalue weighted by Crippen LogP contribution is 2.31. The molecule has 122 valence electrons. The molecule has 0 saturated heterocycles. The monoisotopic (exact) mass is 398 g/mol. The number of thioether (sulfide) groups is 1. The van der Waals surface area contributed by atoms with Crippen molar-refractivity contribution in [3.05, 3.63) is 28.9 Å². The van der Waals surface area contributed by atoms with Crippen LogP contribution in [-0.2, 0) is 4.74 Å². The number of carbonyl (C=O) groups excluding carboxylic acids is 1. The number of nitrogens with two attached hydrogens (primary N) is 1. The zero-order valence-electron chi connectivity index (χ0n) is 12.5. The van der Waals surface area contributed by atoms with E-state index in [1.165, 1.54) is 18.0 Å². The van der Waals surface area contributed by atoms with E-state index in [1.54, 1.807) is 19.1 Å². The highest BCUT2D eigenvalue weighted by molar-refractivity contribution is 9.10. The minimum absolute atomic E-state index is 0.156. The summed E-state index contributed by atoms with van der Waals surface area (Å²) in [5.41, 5.74) is 7.12.